The summed E-state index contributed by atoms with van der Waals surface area (Å²) in [7, 11) is 0. The first-order valence-electron chi connectivity index (χ1n) is 7.24. The van der Waals surface area contributed by atoms with Crippen LogP contribution < -0.4 is 10.1 Å². The van der Waals surface area contributed by atoms with Gasteiger partial charge in [0.05, 0.1) is 0 Å². The molecule has 0 spiro atoms. The second-order valence-corrected chi connectivity index (χ2v) is 5.98. The predicted octanol–water partition coefficient (Wildman–Crippen LogP) is 3.10. The molecule has 0 saturated heterocycles. The van der Waals surface area contributed by atoms with Gasteiger partial charge in [-0.25, -0.2) is 0 Å². The summed E-state index contributed by atoms with van der Waals surface area (Å²) in [5.74, 6) is 1.94. The number of aromatic nitrogens is 2. The molecule has 5 nitrogen and oxygen atoms in total. The second-order valence-electron chi connectivity index (χ2n) is 5.98. The zero-order chi connectivity index (χ0) is 15.3. The van der Waals surface area contributed by atoms with E-state index >= 15 is 0 Å². The lowest BCUT2D eigenvalue weighted by atomic mass is 10.1. The molecule has 0 aliphatic heterocycles. The Kier molecular flexibility index (Phi) is 4.96. The van der Waals surface area contributed by atoms with Crippen LogP contribution in [0.4, 0.5) is 0 Å². The Morgan fingerprint density at radius 2 is 1.76 bits per heavy atom. The Bertz CT molecular complexity index is 556. The highest BCUT2D eigenvalue weighted by molar-refractivity contribution is 5.27. The number of rotatable bonds is 6. The zero-order valence-electron chi connectivity index (χ0n) is 13.1. The van der Waals surface area contributed by atoms with Gasteiger partial charge in [0, 0.05) is 18.5 Å². The van der Waals surface area contributed by atoms with Crippen LogP contribution in [0.5, 0.6) is 5.75 Å². The molecule has 5 heteroatoms. The molecule has 1 heterocycles. The standard InChI is InChI=1S/C16H23N3O2/c1-5-14-18-19-15(21-14)11-20-13-8-6-12(7-9-13)10-17-16(2,3)4/h6-9,17H,5,10-11H2,1-4H3. The highest BCUT2D eigenvalue weighted by Crippen LogP contribution is 2.14. The molecular weight excluding hydrogens is 266 g/mol. The minimum Gasteiger partial charge on any atom is -0.484 e. The quantitative estimate of drug-likeness (QED) is 0.885. The van der Waals surface area contributed by atoms with E-state index in [9.17, 15) is 0 Å². The van der Waals surface area contributed by atoms with Crippen molar-refractivity contribution in [2.75, 3.05) is 0 Å². The van der Waals surface area contributed by atoms with Gasteiger partial charge in [-0.15, -0.1) is 10.2 Å². The Morgan fingerprint density at radius 1 is 1.10 bits per heavy atom. The van der Waals surface area contributed by atoms with Gasteiger partial charge in [-0.3, -0.25) is 0 Å². The number of hydrogen-bond acceptors (Lipinski definition) is 5. The molecule has 1 aromatic carbocycles. The number of ether oxygens (including phenoxy) is 1. The van der Waals surface area contributed by atoms with Crippen molar-refractivity contribution in [3.8, 4) is 5.75 Å². The normalized spacial score (nSPS) is 11.6. The van der Waals surface area contributed by atoms with E-state index in [1.54, 1.807) is 0 Å². The molecule has 21 heavy (non-hydrogen) atoms. The van der Waals surface area contributed by atoms with Gasteiger partial charge in [0.25, 0.3) is 5.89 Å². The summed E-state index contributed by atoms with van der Waals surface area (Å²) in [6.07, 6.45) is 0.739. The molecule has 114 valence electrons. The molecule has 0 bridgehead atoms. The largest absolute Gasteiger partial charge is 0.484 e. The second kappa shape index (κ2) is 6.72. The summed E-state index contributed by atoms with van der Waals surface area (Å²) in [5, 5.41) is 11.3. The maximum absolute atomic E-state index is 5.63. The van der Waals surface area contributed by atoms with E-state index in [-0.39, 0.29) is 5.54 Å². The Hall–Kier alpha value is -1.88. The van der Waals surface area contributed by atoms with Gasteiger partial charge in [0.1, 0.15) is 5.75 Å². The van der Waals surface area contributed by atoms with Gasteiger partial charge in [-0.1, -0.05) is 19.1 Å². The van der Waals surface area contributed by atoms with Gasteiger partial charge in [-0.05, 0) is 38.5 Å². The molecule has 1 N–H and O–H groups in total. The van der Waals surface area contributed by atoms with E-state index < -0.39 is 0 Å². The van der Waals surface area contributed by atoms with E-state index in [1.165, 1.54) is 5.56 Å². The van der Waals surface area contributed by atoms with Crippen LogP contribution in [0.1, 0.15) is 45.0 Å². The average molecular weight is 289 g/mol. The lowest BCUT2D eigenvalue weighted by Crippen LogP contribution is -2.34. The molecule has 0 atom stereocenters. The third-order valence-electron chi connectivity index (χ3n) is 2.92. The average Bonchev–Trinajstić information content (AvgIpc) is 2.91. The van der Waals surface area contributed by atoms with Crippen LogP contribution in [0.25, 0.3) is 0 Å². The maximum Gasteiger partial charge on any atom is 0.253 e. The van der Waals surface area contributed by atoms with Crippen LogP contribution in [0.3, 0.4) is 0 Å². The van der Waals surface area contributed by atoms with Crippen LogP contribution in [0, 0.1) is 0 Å². The molecule has 0 saturated carbocycles. The fourth-order valence-corrected chi connectivity index (χ4v) is 1.71. The fourth-order valence-electron chi connectivity index (χ4n) is 1.71. The van der Waals surface area contributed by atoms with E-state index in [2.05, 4.69) is 48.4 Å². The van der Waals surface area contributed by atoms with Crippen molar-refractivity contribution >= 4 is 0 Å². The molecular formula is C16H23N3O2. The Morgan fingerprint density at radius 3 is 2.33 bits per heavy atom. The zero-order valence-corrected chi connectivity index (χ0v) is 13.1. The molecule has 2 rings (SSSR count). The van der Waals surface area contributed by atoms with Gasteiger partial charge in [-0.2, -0.15) is 0 Å². The number of hydrogen-bond donors (Lipinski definition) is 1. The summed E-state index contributed by atoms with van der Waals surface area (Å²) in [6, 6.07) is 8.02. The molecule has 0 aliphatic carbocycles. The molecule has 0 unspecified atom stereocenters. The first kappa shape index (κ1) is 15.5. The van der Waals surface area contributed by atoms with Crippen molar-refractivity contribution in [3.63, 3.8) is 0 Å². The third-order valence-corrected chi connectivity index (χ3v) is 2.92. The van der Waals surface area contributed by atoms with Crippen LogP contribution in [0.15, 0.2) is 28.7 Å². The Balaban J connectivity index is 1.84. The number of benzene rings is 1. The van der Waals surface area contributed by atoms with Gasteiger partial charge in [0.15, 0.2) is 6.61 Å². The molecule has 1 aromatic heterocycles. The minimum atomic E-state index is 0.115. The van der Waals surface area contributed by atoms with E-state index in [0.29, 0.717) is 18.4 Å². The van der Waals surface area contributed by atoms with Crippen LogP contribution >= 0.6 is 0 Å². The van der Waals surface area contributed by atoms with Gasteiger partial charge >= 0.3 is 0 Å². The SMILES string of the molecule is CCc1nnc(COc2ccc(CNC(C)(C)C)cc2)o1. The van der Waals surface area contributed by atoms with Crippen molar-refractivity contribution in [1.82, 2.24) is 15.5 Å². The lowest BCUT2D eigenvalue weighted by molar-refractivity contribution is 0.259. The predicted molar refractivity (Wildman–Crippen MR) is 81.0 cm³/mol. The fraction of sp³-hybridized carbons (Fsp3) is 0.500. The van der Waals surface area contributed by atoms with Crippen molar-refractivity contribution < 1.29 is 9.15 Å². The maximum atomic E-state index is 5.63. The summed E-state index contributed by atoms with van der Waals surface area (Å²) < 4.78 is 11.0. The monoisotopic (exact) mass is 289 g/mol. The summed E-state index contributed by atoms with van der Waals surface area (Å²) >= 11 is 0. The number of nitrogens with zero attached hydrogens (tertiary/aromatic N) is 2. The molecule has 0 aliphatic rings. The summed E-state index contributed by atoms with van der Waals surface area (Å²) in [6.45, 7) is 9.57. The van der Waals surface area contributed by atoms with E-state index in [0.717, 1.165) is 18.7 Å². The number of aryl methyl sites for hydroxylation is 1. The highest BCUT2D eigenvalue weighted by atomic mass is 16.5. The highest BCUT2D eigenvalue weighted by Gasteiger charge is 2.08. The topological polar surface area (TPSA) is 60.2 Å². The first-order chi connectivity index (χ1) is 9.96. The van der Waals surface area contributed by atoms with Crippen molar-refractivity contribution in [1.29, 1.82) is 0 Å². The van der Waals surface area contributed by atoms with E-state index in [1.807, 2.05) is 19.1 Å². The molecule has 2 aromatic rings. The van der Waals surface area contributed by atoms with Crippen LogP contribution in [-0.4, -0.2) is 15.7 Å². The van der Waals surface area contributed by atoms with Crippen molar-refractivity contribution in [3.05, 3.63) is 41.6 Å². The van der Waals surface area contributed by atoms with Gasteiger partial charge < -0.3 is 14.5 Å². The molecule has 0 radical (unpaired) electrons. The minimum absolute atomic E-state index is 0.115. The number of nitrogens with one attached hydrogen (secondary N) is 1. The third kappa shape index (κ3) is 5.19. The van der Waals surface area contributed by atoms with Crippen molar-refractivity contribution in [2.45, 2.75) is 52.8 Å². The van der Waals surface area contributed by atoms with Crippen molar-refractivity contribution in [2.24, 2.45) is 0 Å². The Labute approximate surface area is 125 Å². The lowest BCUT2D eigenvalue weighted by Gasteiger charge is -2.20. The van der Waals surface area contributed by atoms with Crippen LogP contribution in [0.2, 0.25) is 0 Å². The van der Waals surface area contributed by atoms with Gasteiger partial charge in [0.2, 0.25) is 5.89 Å². The summed E-state index contributed by atoms with van der Waals surface area (Å²) in [5.41, 5.74) is 1.34. The smallest absolute Gasteiger partial charge is 0.253 e. The molecule has 0 amide bonds. The van der Waals surface area contributed by atoms with E-state index in [4.69, 9.17) is 9.15 Å². The molecule has 0 fully saturated rings. The first-order valence-corrected chi connectivity index (χ1v) is 7.24. The van der Waals surface area contributed by atoms with Crippen LogP contribution in [-0.2, 0) is 19.6 Å². The summed E-state index contributed by atoms with van der Waals surface area (Å²) in [4.78, 5) is 0.